The minimum atomic E-state index is -0.966. The second-order valence-corrected chi connectivity index (χ2v) is 5.48. The van der Waals surface area contributed by atoms with Gasteiger partial charge in [0.25, 0.3) is 0 Å². The molecule has 0 spiro atoms. The van der Waals surface area contributed by atoms with Crippen LogP contribution in [0.15, 0.2) is 23.1 Å². The standard InChI is InChI=1S/C12H19NOS/c1-4-10(5-2)15(14)12-7-6-9(3)8-11(12)13/h6-8,10H,4-5,13H2,1-3H3. The highest BCUT2D eigenvalue weighted by atomic mass is 32.2. The summed E-state index contributed by atoms with van der Waals surface area (Å²) in [5, 5.41) is 0.218. The Morgan fingerprint density at radius 3 is 2.40 bits per heavy atom. The number of aryl methyl sites for hydroxylation is 1. The molecule has 0 amide bonds. The van der Waals surface area contributed by atoms with Gasteiger partial charge in [0.05, 0.1) is 15.7 Å². The fourth-order valence-corrected chi connectivity index (χ4v) is 3.08. The summed E-state index contributed by atoms with van der Waals surface area (Å²) in [5.74, 6) is 0. The molecule has 0 bridgehead atoms. The van der Waals surface area contributed by atoms with Crippen LogP contribution in [0, 0.1) is 6.92 Å². The summed E-state index contributed by atoms with van der Waals surface area (Å²) in [6.07, 6.45) is 1.85. The SMILES string of the molecule is CCC(CC)S(=O)c1ccc(C)cc1N. The molecule has 0 aliphatic heterocycles. The van der Waals surface area contributed by atoms with Gasteiger partial charge in [-0.1, -0.05) is 19.9 Å². The summed E-state index contributed by atoms with van der Waals surface area (Å²) >= 11 is 0. The highest BCUT2D eigenvalue weighted by Crippen LogP contribution is 2.22. The summed E-state index contributed by atoms with van der Waals surface area (Å²) in [6, 6.07) is 5.74. The third kappa shape index (κ3) is 2.81. The van der Waals surface area contributed by atoms with Gasteiger partial charge in [0.15, 0.2) is 0 Å². The Hall–Kier alpha value is -0.830. The number of rotatable bonds is 4. The first-order valence-corrected chi connectivity index (χ1v) is 6.58. The average molecular weight is 225 g/mol. The van der Waals surface area contributed by atoms with E-state index in [9.17, 15) is 4.21 Å². The molecule has 0 heterocycles. The van der Waals surface area contributed by atoms with Crippen molar-refractivity contribution in [3.63, 3.8) is 0 Å². The second kappa shape index (κ2) is 5.31. The molecule has 1 aromatic rings. The molecule has 0 saturated carbocycles. The molecule has 0 fully saturated rings. The Balaban J connectivity index is 3.00. The van der Waals surface area contributed by atoms with E-state index in [0.29, 0.717) is 5.69 Å². The van der Waals surface area contributed by atoms with E-state index in [4.69, 9.17) is 5.73 Å². The van der Waals surface area contributed by atoms with Crippen molar-refractivity contribution in [3.8, 4) is 0 Å². The van der Waals surface area contributed by atoms with E-state index in [1.54, 1.807) is 0 Å². The van der Waals surface area contributed by atoms with E-state index < -0.39 is 10.8 Å². The lowest BCUT2D eigenvalue weighted by Gasteiger charge is -2.14. The molecule has 1 aromatic carbocycles. The summed E-state index contributed by atoms with van der Waals surface area (Å²) in [6.45, 7) is 6.12. The molecule has 0 saturated heterocycles. The van der Waals surface area contributed by atoms with Gasteiger partial charge in [-0.3, -0.25) is 4.21 Å². The van der Waals surface area contributed by atoms with E-state index in [1.165, 1.54) is 0 Å². The summed E-state index contributed by atoms with van der Waals surface area (Å²) in [4.78, 5) is 0.786. The van der Waals surface area contributed by atoms with E-state index in [-0.39, 0.29) is 5.25 Å². The van der Waals surface area contributed by atoms with Crippen molar-refractivity contribution in [1.82, 2.24) is 0 Å². The molecule has 2 N–H and O–H groups in total. The smallest absolute Gasteiger partial charge is 0.0620 e. The van der Waals surface area contributed by atoms with Crippen molar-refractivity contribution in [2.75, 3.05) is 5.73 Å². The van der Waals surface area contributed by atoms with Gasteiger partial charge < -0.3 is 5.73 Å². The molecule has 84 valence electrons. The first-order chi connectivity index (χ1) is 7.10. The minimum Gasteiger partial charge on any atom is -0.398 e. The van der Waals surface area contributed by atoms with E-state index in [1.807, 2.05) is 25.1 Å². The predicted molar refractivity (Wildman–Crippen MR) is 66.4 cm³/mol. The molecule has 2 nitrogen and oxygen atoms in total. The van der Waals surface area contributed by atoms with Gasteiger partial charge in [0, 0.05) is 10.9 Å². The Morgan fingerprint density at radius 2 is 1.93 bits per heavy atom. The summed E-state index contributed by atoms with van der Waals surface area (Å²) < 4.78 is 12.2. The first kappa shape index (κ1) is 12.2. The topological polar surface area (TPSA) is 43.1 Å². The predicted octanol–water partition coefficient (Wildman–Crippen LogP) is 2.87. The molecule has 0 aliphatic carbocycles. The molecule has 0 radical (unpaired) electrons. The van der Waals surface area contributed by atoms with Crippen molar-refractivity contribution >= 4 is 16.5 Å². The van der Waals surface area contributed by atoms with Crippen LogP contribution in [0.25, 0.3) is 0 Å². The van der Waals surface area contributed by atoms with Crippen LogP contribution in [0.5, 0.6) is 0 Å². The Kier molecular flexibility index (Phi) is 4.33. The Morgan fingerprint density at radius 1 is 1.33 bits per heavy atom. The third-order valence-electron chi connectivity index (χ3n) is 2.60. The number of hydrogen-bond acceptors (Lipinski definition) is 2. The normalized spacial score (nSPS) is 13.1. The monoisotopic (exact) mass is 225 g/mol. The van der Waals surface area contributed by atoms with Crippen LogP contribution in [0.1, 0.15) is 32.3 Å². The average Bonchev–Trinajstić information content (AvgIpc) is 2.19. The van der Waals surface area contributed by atoms with Gasteiger partial charge >= 0.3 is 0 Å². The van der Waals surface area contributed by atoms with Gasteiger partial charge in [0.1, 0.15) is 0 Å². The molecular weight excluding hydrogens is 206 g/mol. The van der Waals surface area contributed by atoms with Crippen LogP contribution >= 0.6 is 0 Å². The zero-order valence-corrected chi connectivity index (χ0v) is 10.4. The van der Waals surface area contributed by atoms with Crippen molar-refractivity contribution < 1.29 is 4.21 Å². The zero-order valence-electron chi connectivity index (χ0n) is 9.62. The number of nitrogens with two attached hydrogens (primary N) is 1. The van der Waals surface area contributed by atoms with Gasteiger partial charge in [-0.15, -0.1) is 0 Å². The Labute approximate surface area is 94.3 Å². The zero-order chi connectivity index (χ0) is 11.4. The fraction of sp³-hybridized carbons (Fsp3) is 0.500. The van der Waals surface area contributed by atoms with Gasteiger partial charge in [-0.05, 0) is 37.5 Å². The molecule has 3 heteroatoms. The first-order valence-electron chi connectivity index (χ1n) is 5.36. The van der Waals surface area contributed by atoms with Crippen LogP contribution in [-0.2, 0) is 10.8 Å². The summed E-state index contributed by atoms with van der Waals surface area (Å²) in [7, 11) is -0.966. The summed E-state index contributed by atoms with van der Waals surface area (Å²) in [5.41, 5.74) is 7.64. The number of hydrogen-bond donors (Lipinski definition) is 1. The van der Waals surface area contributed by atoms with Crippen molar-refractivity contribution in [2.24, 2.45) is 0 Å². The van der Waals surface area contributed by atoms with Crippen LogP contribution in [0.3, 0.4) is 0 Å². The molecule has 1 atom stereocenters. The third-order valence-corrected chi connectivity index (χ3v) is 4.67. The van der Waals surface area contributed by atoms with Crippen molar-refractivity contribution in [3.05, 3.63) is 23.8 Å². The quantitative estimate of drug-likeness (QED) is 0.801. The largest absolute Gasteiger partial charge is 0.398 e. The molecular formula is C12H19NOS. The fourth-order valence-electron chi connectivity index (χ4n) is 1.62. The molecule has 15 heavy (non-hydrogen) atoms. The van der Waals surface area contributed by atoms with Crippen LogP contribution < -0.4 is 5.73 Å². The second-order valence-electron chi connectivity index (χ2n) is 3.78. The highest BCUT2D eigenvalue weighted by molar-refractivity contribution is 7.85. The minimum absolute atomic E-state index is 0.218. The van der Waals surface area contributed by atoms with Gasteiger partial charge in [-0.2, -0.15) is 0 Å². The van der Waals surface area contributed by atoms with Crippen LogP contribution in [0.2, 0.25) is 0 Å². The molecule has 1 rings (SSSR count). The van der Waals surface area contributed by atoms with Crippen molar-refractivity contribution in [2.45, 2.75) is 43.8 Å². The lowest BCUT2D eigenvalue weighted by Crippen LogP contribution is -2.14. The van der Waals surface area contributed by atoms with E-state index in [0.717, 1.165) is 23.3 Å². The van der Waals surface area contributed by atoms with Gasteiger partial charge in [0.2, 0.25) is 0 Å². The van der Waals surface area contributed by atoms with E-state index >= 15 is 0 Å². The number of anilines is 1. The molecule has 0 aliphatic rings. The van der Waals surface area contributed by atoms with Crippen molar-refractivity contribution in [1.29, 1.82) is 0 Å². The van der Waals surface area contributed by atoms with Gasteiger partial charge in [-0.25, -0.2) is 0 Å². The molecule has 1 unspecified atom stereocenters. The maximum Gasteiger partial charge on any atom is 0.0620 e. The maximum absolute atomic E-state index is 12.2. The Bertz CT molecular complexity index is 359. The van der Waals surface area contributed by atoms with Crippen LogP contribution in [-0.4, -0.2) is 9.46 Å². The number of benzene rings is 1. The lowest BCUT2D eigenvalue weighted by atomic mass is 10.2. The maximum atomic E-state index is 12.2. The number of nitrogen functional groups attached to an aromatic ring is 1. The molecule has 0 aromatic heterocycles. The lowest BCUT2D eigenvalue weighted by molar-refractivity contribution is 0.658. The van der Waals surface area contributed by atoms with Crippen LogP contribution in [0.4, 0.5) is 5.69 Å². The highest BCUT2D eigenvalue weighted by Gasteiger charge is 2.16. The van der Waals surface area contributed by atoms with E-state index in [2.05, 4.69) is 13.8 Å².